The van der Waals surface area contributed by atoms with E-state index >= 15 is 0 Å². The molecule has 1 aliphatic carbocycles. The number of methoxy groups -OCH3 is 1. The van der Waals surface area contributed by atoms with E-state index in [0.29, 0.717) is 5.02 Å². The number of halogens is 1. The first-order valence-corrected chi connectivity index (χ1v) is 5.16. The molecule has 1 saturated carbocycles. The van der Waals surface area contributed by atoms with Crippen molar-refractivity contribution in [3.63, 3.8) is 0 Å². The minimum absolute atomic E-state index is 0.203. The molecule has 2 rings (SSSR count). The third-order valence-corrected chi connectivity index (χ3v) is 3.27. The summed E-state index contributed by atoms with van der Waals surface area (Å²) in [6.07, 6.45) is 1.82. The van der Waals surface area contributed by atoms with Gasteiger partial charge in [-0.1, -0.05) is 17.7 Å². The molecule has 1 aliphatic rings. The van der Waals surface area contributed by atoms with Crippen molar-refractivity contribution in [2.45, 2.75) is 18.3 Å². The Balaban J connectivity index is 2.42. The zero-order valence-electron chi connectivity index (χ0n) is 8.51. The van der Waals surface area contributed by atoms with Gasteiger partial charge in [0.25, 0.3) is 0 Å². The Kier molecular flexibility index (Phi) is 2.35. The summed E-state index contributed by atoms with van der Waals surface area (Å²) in [5, 5.41) is 8.21. The van der Waals surface area contributed by atoms with E-state index in [1.165, 1.54) is 0 Å². The fourth-order valence-electron chi connectivity index (χ4n) is 1.82. The van der Waals surface area contributed by atoms with E-state index in [4.69, 9.17) is 27.5 Å². The van der Waals surface area contributed by atoms with Crippen molar-refractivity contribution in [1.29, 1.82) is 5.41 Å². The van der Waals surface area contributed by atoms with Crippen molar-refractivity contribution in [1.82, 2.24) is 0 Å². The van der Waals surface area contributed by atoms with Gasteiger partial charge in [-0.15, -0.1) is 0 Å². The second-order valence-corrected chi connectivity index (χ2v) is 4.25. The summed E-state index contributed by atoms with van der Waals surface area (Å²) in [5.41, 5.74) is 6.24. The predicted octanol–water partition coefficient (Wildman–Crippen LogP) is 2.32. The Morgan fingerprint density at radius 1 is 1.53 bits per heavy atom. The fourth-order valence-corrected chi connectivity index (χ4v) is 2.17. The topological polar surface area (TPSA) is 59.1 Å². The van der Waals surface area contributed by atoms with Gasteiger partial charge in [0.2, 0.25) is 0 Å². The molecule has 0 amide bonds. The van der Waals surface area contributed by atoms with Crippen LogP contribution < -0.4 is 10.5 Å². The lowest BCUT2D eigenvalue weighted by molar-refractivity contribution is 0.414. The first-order chi connectivity index (χ1) is 7.10. The van der Waals surface area contributed by atoms with Gasteiger partial charge in [-0.05, 0) is 30.5 Å². The summed E-state index contributed by atoms with van der Waals surface area (Å²) in [4.78, 5) is 0. The van der Waals surface area contributed by atoms with Crippen LogP contribution in [0.1, 0.15) is 18.4 Å². The van der Waals surface area contributed by atoms with Crippen LogP contribution in [0.4, 0.5) is 0 Å². The van der Waals surface area contributed by atoms with Crippen LogP contribution in [0.3, 0.4) is 0 Å². The maximum absolute atomic E-state index is 7.58. The van der Waals surface area contributed by atoms with Crippen molar-refractivity contribution < 1.29 is 4.74 Å². The minimum Gasteiger partial charge on any atom is -0.497 e. The number of hydrogen-bond acceptors (Lipinski definition) is 2. The molecule has 80 valence electrons. The van der Waals surface area contributed by atoms with E-state index in [2.05, 4.69) is 0 Å². The lowest BCUT2D eigenvalue weighted by atomic mass is 9.95. The van der Waals surface area contributed by atoms with Crippen LogP contribution in [-0.2, 0) is 5.41 Å². The van der Waals surface area contributed by atoms with Crippen LogP contribution in [0.2, 0.25) is 5.02 Å². The molecule has 0 saturated heterocycles. The molecule has 3 N–H and O–H groups in total. The van der Waals surface area contributed by atoms with Gasteiger partial charge < -0.3 is 10.5 Å². The Hall–Kier alpha value is -1.22. The second-order valence-electron chi connectivity index (χ2n) is 3.84. The van der Waals surface area contributed by atoms with E-state index in [1.807, 2.05) is 12.1 Å². The maximum atomic E-state index is 7.58. The number of nitrogens with two attached hydrogens (primary N) is 1. The summed E-state index contributed by atoms with van der Waals surface area (Å²) in [7, 11) is 1.60. The van der Waals surface area contributed by atoms with Crippen LogP contribution in [0, 0.1) is 5.41 Å². The number of rotatable bonds is 3. The smallest absolute Gasteiger partial charge is 0.120 e. The largest absolute Gasteiger partial charge is 0.497 e. The Morgan fingerprint density at radius 3 is 2.60 bits per heavy atom. The molecule has 0 spiro atoms. The average Bonchev–Trinajstić information content (AvgIpc) is 2.98. The number of hydrogen-bond donors (Lipinski definition) is 2. The van der Waals surface area contributed by atoms with E-state index in [9.17, 15) is 0 Å². The molecule has 1 fully saturated rings. The van der Waals surface area contributed by atoms with Gasteiger partial charge in [-0.2, -0.15) is 0 Å². The van der Waals surface area contributed by atoms with Crippen molar-refractivity contribution in [3.8, 4) is 5.75 Å². The van der Waals surface area contributed by atoms with Gasteiger partial charge in [-0.3, -0.25) is 5.41 Å². The third kappa shape index (κ3) is 1.57. The van der Waals surface area contributed by atoms with Gasteiger partial charge in [0.05, 0.1) is 12.5 Å². The molecule has 0 heterocycles. The summed E-state index contributed by atoms with van der Waals surface area (Å²) >= 11 is 6.14. The zero-order valence-corrected chi connectivity index (χ0v) is 9.27. The first kappa shape index (κ1) is 10.3. The normalized spacial score (nSPS) is 17.2. The minimum atomic E-state index is -0.302. The predicted molar refractivity (Wildman–Crippen MR) is 60.8 cm³/mol. The second kappa shape index (κ2) is 3.42. The standard InChI is InChI=1S/C11H13ClN2O/c1-15-7-2-3-8(9(12)6-7)11(4-5-11)10(13)14/h2-3,6H,4-5H2,1H3,(H3,13,14). The highest BCUT2D eigenvalue weighted by Crippen LogP contribution is 2.50. The van der Waals surface area contributed by atoms with Crippen LogP contribution >= 0.6 is 11.6 Å². The average molecular weight is 225 g/mol. The highest BCUT2D eigenvalue weighted by molar-refractivity contribution is 6.32. The third-order valence-electron chi connectivity index (χ3n) is 2.96. The maximum Gasteiger partial charge on any atom is 0.120 e. The summed E-state index contributed by atoms with van der Waals surface area (Å²) in [6, 6.07) is 5.51. The number of amidine groups is 1. The van der Waals surface area contributed by atoms with Gasteiger partial charge >= 0.3 is 0 Å². The fraction of sp³-hybridized carbons (Fsp3) is 0.364. The van der Waals surface area contributed by atoms with Gasteiger partial charge in [-0.25, -0.2) is 0 Å². The van der Waals surface area contributed by atoms with Crippen molar-refractivity contribution in [2.24, 2.45) is 5.73 Å². The summed E-state index contributed by atoms with van der Waals surface area (Å²) in [6.45, 7) is 0. The Labute approximate surface area is 93.7 Å². The first-order valence-electron chi connectivity index (χ1n) is 4.79. The molecule has 3 nitrogen and oxygen atoms in total. The van der Waals surface area contributed by atoms with E-state index in [0.717, 1.165) is 24.2 Å². The molecule has 0 aliphatic heterocycles. The molecule has 0 bridgehead atoms. The lowest BCUT2D eigenvalue weighted by Crippen LogP contribution is -2.27. The van der Waals surface area contributed by atoms with Crippen molar-refractivity contribution in [2.75, 3.05) is 7.11 Å². The van der Waals surface area contributed by atoms with Gasteiger partial charge in [0.1, 0.15) is 11.6 Å². The summed E-state index contributed by atoms with van der Waals surface area (Å²) < 4.78 is 5.07. The highest BCUT2D eigenvalue weighted by Gasteiger charge is 2.48. The molecular weight excluding hydrogens is 212 g/mol. The van der Waals surface area contributed by atoms with E-state index in [1.54, 1.807) is 13.2 Å². The molecular formula is C11H13ClN2O. The quantitative estimate of drug-likeness (QED) is 0.612. The van der Waals surface area contributed by atoms with Crippen LogP contribution in [0.5, 0.6) is 5.75 Å². The van der Waals surface area contributed by atoms with Crippen molar-refractivity contribution >= 4 is 17.4 Å². The molecule has 0 unspecified atom stereocenters. The summed E-state index contributed by atoms with van der Waals surface area (Å²) in [5.74, 6) is 0.928. The molecule has 15 heavy (non-hydrogen) atoms. The highest BCUT2D eigenvalue weighted by atomic mass is 35.5. The Morgan fingerprint density at radius 2 is 2.20 bits per heavy atom. The van der Waals surface area contributed by atoms with Crippen LogP contribution in [0.15, 0.2) is 18.2 Å². The molecule has 0 aromatic heterocycles. The van der Waals surface area contributed by atoms with Gasteiger partial charge in [0, 0.05) is 5.02 Å². The van der Waals surface area contributed by atoms with E-state index in [-0.39, 0.29) is 11.3 Å². The molecule has 1 aromatic rings. The molecule has 0 atom stereocenters. The Bertz CT molecular complexity index is 413. The number of ether oxygens (including phenoxy) is 1. The van der Waals surface area contributed by atoms with Crippen LogP contribution in [0.25, 0.3) is 0 Å². The number of benzene rings is 1. The number of nitrogens with one attached hydrogen (secondary N) is 1. The zero-order chi connectivity index (χ0) is 11.1. The van der Waals surface area contributed by atoms with Crippen molar-refractivity contribution in [3.05, 3.63) is 28.8 Å². The van der Waals surface area contributed by atoms with Crippen LogP contribution in [-0.4, -0.2) is 12.9 Å². The molecule has 4 heteroatoms. The molecule has 1 aromatic carbocycles. The lowest BCUT2D eigenvalue weighted by Gasteiger charge is -2.16. The molecule has 0 radical (unpaired) electrons. The SMILES string of the molecule is COc1ccc(C2(C(=N)N)CC2)c(Cl)c1. The van der Waals surface area contributed by atoms with E-state index < -0.39 is 0 Å². The monoisotopic (exact) mass is 224 g/mol. The van der Waals surface area contributed by atoms with Gasteiger partial charge in [0.15, 0.2) is 0 Å².